The Bertz CT molecular complexity index is 1490. The molecule has 11 heteroatoms. The van der Waals surface area contributed by atoms with E-state index in [9.17, 15) is 26.0 Å². The minimum atomic E-state index is -4.60. The molecule has 1 spiro atoms. The van der Waals surface area contributed by atoms with Crippen LogP contribution in [0.5, 0.6) is 0 Å². The SMILES string of the molecule is CCn1nc(-c2ccc3c(c2)C[C@@H]2CC[C@H](C3)[C@]23CN(CC(F)(F)F)S(=O)(=O)N3)cc1-c1ccc(F)cc1. The van der Waals surface area contributed by atoms with Gasteiger partial charge in [-0.05, 0) is 92.0 Å². The van der Waals surface area contributed by atoms with Gasteiger partial charge in [0.1, 0.15) is 12.4 Å². The van der Waals surface area contributed by atoms with Crippen LogP contribution >= 0.6 is 0 Å². The van der Waals surface area contributed by atoms with Gasteiger partial charge in [0.05, 0.1) is 16.9 Å². The number of aromatic nitrogens is 2. The molecule has 6 nitrogen and oxygen atoms in total. The van der Waals surface area contributed by atoms with Gasteiger partial charge in [-0.3, -0.25) is 4.68 Å². The lowest BCUT2D eigenvalue weighted by atomic mass is 9.79. The van der Waals surface area contributed by atoms with Crippen molar-refractivity contribution in [3.63, 3.8) is 0 Å². The molecule has 3 atom stereocenters. The van der Waals surface area contributed by atoms with E-state index in [0.29, 0.717) is 23.7 Å². The van der Waals surface area contributed by atoms with E-state index in [4.69, 9.17) is 5.10 Å². The Morgan fingerprint density at radius 1 is 1.00 bits per heavy atom. The third kappa shape index (κ3) is 4.34. The zero-order valence-electron chi connectivity index (χ0n) is 20.8. The molecule has 2 fully saturated rings. The van der Waals surface area contributed by atoms with E-state index >= 15 is 0 Å². The first-order chi connectivity index (χ1) is 18.0. The van der Waals surface area contributed by atoms with Gasteiger partial charge in [0.25, 0.3) is 10.2 Å². The monoisotopic (exact) mass is 548 g/mol. The van der Waals surface area contributed by atoms with E-state index < -0.39 is 28.5 Å². The van der Waals surface area contributed by atoms with Crippen LogP contribution in [0.3, 0.4) is 0 Å². The smallest absolute Gasteiger partial charge is 0.265 e. The number of hydrogen-bond donors (Lipinski definition) is 1. The zero-order valence-corrected chi connectivity index (χ0v) is 21.6. The van der Waals surface area contributed by atoms with E-state index in [-0.39, 0.29) is 24.2 Å². The molecule has 3 aromatic rings. The van der Waals surface area contributed by atoms with Crippen LogP contribution in [-0.4, -0.2) is 47.3 Å². The van der Waals surface area contributed by atoms with E-state index in [0.717, 1.165) is 46.5 Å². The number of fused-ring (bicyclic) bond motifs is 1. The lowest BCUT2D eigenvalue weighted by molar-refractivity contribution is -0.136. The van der Waals surface area contributed by atoms with Gasteiger partial charge in [-0.25, -0.2) is 4.39 Å². The van der Waals surface area contributed by atoms with E-state index in [1.165, 1.54) is 12.1 Å². The number of benzene rings is 2. The summed E-state index contributed by atoms with van der Waals surface area (Å²) in [5.74, 6) is -0.475. The average molecular weight is 549 g/mol. The number of hydrogen-bond acceptors (Lipinski definition) is 3. The number of nitrogens with zero attached hydrogens (tertiary/aromatic N) is 3. The maximum absolute atomic E-state index is 13.4. The fourth-order valence-corrected chi connectivity index (χ4v) is 8.36. The lowest BCUT2D eigenvalue weighted by Gasteiger charge is -2.33. The Morgan fingerprint density at radius 2 is 1.66 bits per heavy atom. The molecule has 202 valence electrons. The fraction of sp³-hybridized carbons (Fsp3) is 0.444. The molecule has 2 bridgehead atoms. The normalized spacial score (nSPS) is 26.6. The number of alkyl halides is 3. The summed E-state index contributed by atoms with van der Waals surface area (Å²) in [6, 6.07) is 14.4. The van der Waals surface area contributed by atoms with Gasteiger partial charge in [0, 0.05) is 24.2 Å². The first kappa shape index (κ1) is 25.5. The molecule has 2 aliphatic carbocycles. The fourth-order valence-electron chi connectivity index (χ4n) is 6.66. The summed E-state index contributed by atoms with van der Waals surface area (Å²) in [7, 11) is -4.22. The predicted octanol–water partition coefficient (Wildman–Crippen LogP) is 4.95. The van der Waals surface area contributed by atoms with Gasteiger partial charge >= 0.3 is 6.18 Å². The molecule has 3 aliphatic rings. The maximum Gasteiger partial charge on any atom is 0.402 e. The Kier molecular flexibility index (Phi) is 5.97. The van der Waals surface area contributed by atoms with Crippen LogP contribution in [-0.2, 0) is 29.6 Å². The summed E-state index contributed by atoms with van der Waals surface area (Å²) in [6.07, 6.45) is -1.87. The number of aryl methyl sites for hydroxylation is 1. The molecule has 2 aromatic carbocycles. The molecule has 38 heavy (non-hydrogen) atoms. The van der Waals surface area contributed by atoms with Crippen molar-refractivity contribution in [1.82, 2.24) is 18.8 Å². The Balaban J connectivity index is 1.32. The van der Waals surface area contributed by atoms with Crippen LogP contribution in [0.25, 0.3) is 22.5 Å². The van der Waals surface area contributed by atoms with Crippen molar-refractivity contribution in [2.24, 2.45) is 11.8 Å². The van der Waals surface area contributed by atoms with Crippen LogP contribution in [0.4, 0.5) is 17.6 Å². The van der Waals surface area contributed by atoms with Crippen molar-refractivity contribution >= 4 is 10.2 Å². The van der Waals surface area contributed by atoms with Gasteiger partial charge < -0.3 is 0 Å². The second-order valence-electron chi connectivity index (χ2n) is 10.6. The van der Waals surface area contributed by atoms with Gasteiger partial charge in [-0.1, -0.05) is 12.1 Å². The maximum atomic E-state index is 13.4. The molecule has 1 aliphatic heterocycles. The third-order valence-electron chi connectivity index (χ3n) is 8.43. The average Bonchev–Trinajstić information content (AvgIpc) is 3.45. The molecular formula is C27H28F4N4O2S. The van der Waals surface area contributed by atoms with Crippen LogP contribution in [0.1, 0.15) is 30.9 Å². The standard InChI is InChI=1S/C27H28F4N4O2S/c1-2-35-25(17-5-9-23(28)10-6-17)14-24(32-35)19-4-3-18-12-21-7-8-22(13-20(18)11-19)26(21)15-34(16-27(29,30)31)38(36,37)33-26/h3-6,9-11,14,21-22,33H,2,7-8,12-13,15-16H2,1H3/t21-,22+,26-/m1/s1. The first-order valence-electron chi connectivity index (χ1n) is 12.8. The molecule has 1 saturated carbocycles. The highest BCUT2D eigenvalue weighted by Gasteiger charge is 2.60. The van der Waals surface area contributed by atoms with Crippen LogP contribution in [0.2, 0.25) is 0 Å². The Labute approximate surface area is 218 Å². The van der Waals surface area contributed by atoms with Crippen molar-refractivity contribution in [1.29, 1.82) is 0 Å². The summed E-state index contributed by atoms with van der Waals surface area (Å²) < 4.78 is 83.5. The predicted molar refractivity (Wildman–Crippen MR) is 135 cm³/mol. The van der Waals surface area contributed by atoms with Gasteiger partial charge in [0.15, 0.2) is 0 Å². The summed E-state index contributed by atoms with van der Waals surface area (Å²) in [4.78, 5) is 0. The van der Waals surface area contributed by atoms with Crippen LogP contribution in [0, 0.1) is 17.7 Å². The highest BCUT2D eigenvalue weighted by molar-refractivity contribution is 7.87. The molecule has 0 amide bonds. The largest absolute Gasteiger partial charge is 0.402 e. The highest BCUT2D eigenvalue weighted by atomic mass is 32.2. The van der Waals surface area contributed by atoms with Crippen LogP contribution < -0.4 is 4.72 Å². The topological polar surface area (TPSA) is 67.2 Å². The molecule has 2 heterocycles. The van der Waals surface area contributed by atoms with Gasteiger partial charge in [0.2, 0.25) is 0 Å². The Hall–Kier alpha value is -2.76. The summed E-state index contributed by atoms with van der Waals surface area (Å²) in [6.45, 7) is 0.990. The zero-order chi connectivity index (χ0) is 26.9. The van der Waals surface area contributed by atoms with E-state index in [2.05, 4.69) is 10.8 Å². The molecule has 1 N–H and O–H groups in total. The minimum Gasteiger partial charge on any atom is -0.265 e. The van der Waals surface area contributed by atoms with Gasteiger partial charge in [-0.15, -0.1) is 0 Å². The van der Waals surface area contributed by atoms with Crippen molar-refractivity contribution in [3.8, 4) is 22.5 Å². The summed E-state index contributed by atoms with van der Waals surface area (Å²) in [5.41, 5.74) is 4.70. The molecule has 6 rings (SSSR count). The molecular weight excluding hydrogens is 520 g/mol. The van der Waals surface area contributed by atoms with E-state index in [1.54, 1.807) is 12.1 Å². The second-order valence-corrected chi connectivity index (χ2v) is 12.3. The Morgan fingerprint density at radius 3 is 2.32 bits per heavy atom. The van der Waals surface area contributed by atoms with Crippen molar-refractivity contribution in [2.45, 2.75) is 50.9 Å². The molecule has 0 unspecified atom stereocenters. The van der Waals surface area contributed by atoms with Crippen LogP contribution in [0.15, 0.2) is 48.5 Å². The van der Waals surface area contributed by atoms with Crippen molar-refractivity contribution in [2.75, 3.05) is 13.1 Å². The quantitative estimate of drug-likeness (QED) is 0.469. The van der Waals surface area contributed by atoms with Gasteiger partial charge in [-0.2, -0.15) is 35.7 Å². The number of nitrogens with one attached hydrogen (secondary N) is 1. The van der Waals surface area contributed by atoms with Crippen molar-refractivity contribution in [3.05, 3.63) is 65.5 Å². The third-order valence-corrected chi connectivity index (χ3v) is 10.0. The summed E-state index contributed by atoms with van der Waals surface area (Å²) >= 11 is 0. The molecule has 1 saturated heterocycles. The first-order valence-corrected chi connectivity index (χ1v) is 14.2. The number of halogens is 4. The minimum absolute atomic E-state index is 0.0722. The second kappa shape index (κ2) is 8.89. The highest BCUT2D eigenvalue weighted by Crippen LogP contribution is 2.51. The van der Waals surface area contributed by atoms with Crippen molar-refractivity contribution < 1.29 is 26.0 Å². The number of rotatable bonds is 4. The lowest BCUT2D eigenvalue weighted by Crippen LogP contribution is -2.52. The van der Waals surface area contributed by atoms with E-state index in [1.807, 2.05) is 29.8 Å². The molecule has 1 aromatic heterocycles. The summed E-state index contributed by atoms with van der Waals surface area (Å²) in [5, 5.41) is 4.77. The molecule has 0 radical (unpaired) electrons.